The van der Waals surface area contributed by atoms with Crippen molar-refractivity contribution in [3.05, 3.63) is 192 Å². The van der Waals surface area contributed by atoms with Crippen LogP contribution in [-0.2, 0) is 5.41 Å². The van der Waals surface area contributed by atoms with Gasteiger partial charge in [0, 0.05) is 49.9 Å². The van der Waals surface area contributed by atoms with Gasteiger partial charge in [-0.2, -0.15) is 0 Å². The third-order valence-electron chi connectivity index (χ3n) is 11.0. The van der Waals surface area contributed by atoms with Crippen molar-refractivity contribution in [2.24, 2.45) is 0 Å². The second-order valence-electron chi connectivity index (χ2n) is 13.7. The molecule has 0 saturated heterocycles. The molecule has 0 spiro atoms. The van der Waals surface area contributed by atoms with E-state index in [0.717, 1.165) is 55.3 Å². The molecule has 0 radical (unpaired) electrons. The van der Waals surface area contributed by atoms with E-state index >= 15 is 0 Å². The Morgan fingerprint density at radius 3 is 1.75 bits per heavy atom. The van der Waals surface area contributed by atoms with Crippen molar-refractivity contribution >= 4 is 66.0 Å². The number of nitrogens with one attached hydrogen (secondary N) is 1. The van der Waals surface area contributed by atoms with E-state index in [4.69, 9.17) is 8.83 Å². The van der Waals surface area contributed by atoms with Crippen LogP contribution in [0.4, 0.5) is 11.4 Å². The van der Waals surface area contributed by atoms with Crippen molar-refractivity contribution in [3.63, 3.8) is 0 Å². The molecular weight excluding hydrogens is 623 g/mol. The number of hydrogen-bond acceptors (Lipinski definition) is 3. The number of furan rings is 2. The van der Waals surface area contributed by atoms with Gasteiger partial charge >= 0.3 is 0 Å². The van der Waals surface area contributed by atoms with Crippen LogP contribution in [0.1, 0.15) is 27.8 Å². The molecule has 11 rings (SSSR count). The topological polar surface area (TPSA) is 38.3 Å². The molecule has 51 heavy (non-hydrogen) atoms. The van der Waals surface area contributed by atoms with Crippen molar-refractivity contribution in [2.45, 2.75) is 12.3 Å². The van der Waals surface area contributed by atoms with E-state index in [-0.39, 0.29) is 0 Å². The van der Waals surface area contributed by atoms with Crippen LogP contribution in [0.2, 0.25) is 0 Å². The standard InChI is InChI=1S/C48H31NO2/c1-29-26-38-46(47-44(29)37-21-11-13-23-42(37)51-47)45-36-20-9-8-18-33(36)40(49-32-24-25-35-34-19-10-12-22-41(34)50-43(35)27-32)28-39(45)48(38,30-14-4-2-5-15-30)31-16-6-3-7-17-31/h2-28,49H,1H3. The van der Waals surface area contributed by atoms with Gasteiger partial charge in [-0.3, -0.25) is 0 Å². The van der Waals surface area contributed by atoms with E-state index in [1.165, 1.54) is 49.7 Å². The lowest BCUT2D eigenvalue weighted by atomic mass is 9.67. The molecule has 0 aliphatic heterocycles. The Balaban J connectivity index is 1.26. The van der Waals surface area contributed by atoms with Gasteiger partial charge in [-0.25, -0.2) is 0 Å². The Morgan fingerprint density at radius 1 is 0.451 bits per heavy atom. The highest BCUT2D eigenvalue weighted by Gasteiger charge is 2.48. The van der Waals surface area contributed by atoms with Gasteiger partial charge in [0.2, 0.25) is 0 Å². The summed E-state index contributed by atoms with van der Waals surface area (Å²) in [5, 5.41) is 10.8. The minimum atomic E-state index is -0.603. The molecule has 2 heterocycles. The minimum Gasteiger partial charge on any atom is -0.456 e. The molecule has 240 valence electrons. The Kier molecular flexibility index (Phi) is 5.80. The van der Waals surface area contributed by atoms with Crippen LogP contribution in [0, 0.1) is 6.92 Å². The zero-order chi connectivity index (χ0) is 33.7. The molecule has 0 atom stereocenters. The maximum atomic E-state index is 6.91. The fourth-order valence-corrected chi connectivity index (χ4v) is 8.95. The zero-order valence-corrected chi connectivity index (χ0v) is 27.9. The van der Waals surface area contributed by atoms with Gasteiger partial charge in [-0.05, 0) is 76.0 Å². The molecule has 0 fully saturated rings. The molecule has 10 aromatic rings. The highest BCUT2D eigenvalue weighted by molar-refractivity contribution is 6.19. The van der Waals surface area contributed by atoms with Gasteiger partial charge in [-0.1, -0.05) is 127 Å². The van der Waals surface area contributed by atoms with Crippen LogP contribution < -0.4 is 5.32 Å². The highest BCUT2D eigenvalue weighted by Crippen LogP contribution is 2.61. The predicted octanol–water partition coefficient (Wildman–Crippen LogP) is 13.1. The fourth-order valence-electron chi connectivity index (χ4n) is 8.95. The second kappa shape index (κ2) is 10.5. The van der Waals surface area contributed by atoms with Gasteiger partial charge in [0.15, 0.2) is 0 Å². The van der Waals surface area contributed by atoms with E-state index in [9.17, 15) is 0 Å². The average Bonchev–Trinajstić information content (AvgIpc) is 3.84. The Hall–Kier alpha value is -6.58. The molecule has 0 amide bonds. The molecule has 0 unspecified atom stereocenters. The number of rotatable bonds is 4. The van der Waals surface area contributed by atoms with E-state index in [2.05, 4.69) is 164 Å². The Bertz CT molecular complexity index is 2970. The summed E-state index contributed by atoms with van der Waals surface area (Å²) in [5.74, 6) is 0. The molecule has 1 aliphatic carbocycles. The summed E-state index contributed by atoms with van der Waals surface area (Å²) < 4.78 is 13.2. The Labute approximate surface area is 294 Å². The summed E-state index contributed by atoms with van der Waals surface area (Å²) >= 11 is 0. The van der Waals surface area contributed by atoms with E-state index in [1.807, 2.05) is 12.1 Å². The molecule has 3 heteroatoms. The third-order valence-corrected chi connectivity index (χ3v) is 11.0. The number of aryl methyl sites for hydroxylation is 1. The molecular formula is C48H31NO2. The lowest BCUT2D eigenvalue weighted by Gasteiger charge is -2.34. The first-order chi connectivity index (χ1) is 25.2. The summed E-state index contributed by atoms with van der Waals surface area (Å²) in [4.78, 5) is 0. The van der Waals surface area contributed by atoms with Gasteiger partial charge in [0.05, 0.1) is 5.41 Å². The quantitative estimate of drug-likeness (QED) is 0.205. The van der Waals surface area contributed by atoms with Gasteiger partial charge < -0.3 is 14.2 Å². The molecule has 3 nitrogen and oxygen atoms in total. The molecule has 0 saturated carbocycles. The van der Waals surface area contributed by atoms with Crippen LogP contribution in [0.25, 0.3) is 65.8 Å². The molecule has 1 aliphatic rings. The maximum Gasteiger partial charge on any atom is 0.143 e. The normalized spacial score (nSPS) is 13.4. The third kappa shape index (κ3) is 3.83. The predicted molar refractivity (Wildman–Crippen MR) is 210 cm³/mol. The first-order valence-electron chi connectivity index (χ1n) is 17.5. The van der Waals surface area contributed by atoms with Gasteiger partial charge in [-0.15, -0.1) is 0 Å². The number of para-hydroxylation sites is 2. The first kappa shape index (κ1) is 28.3. The monoisotopic (exact) mass is 653 g/mol. The highest BCUT2D eigenvalue weighted by atomic mass is 16.3. The van der Waals surface area contributed by atoms with Crippen molar-refractivity contribution in [1.29, 1.82) is 0 Å². The summed E-state index contributed by atoms with van der Waals surface area (Å²) in [6.45, 7) is 2.23. The van der Waals surface area contributed by atoms with Crippen LogP contribution in [0.15, 0.2) is 173 Å². The second-order valence-corrected chi connectivity index (χ2v) is 13.7. The SMILES string of the molecule is Cc1cc2c(c3oc4ccccc4c13)-c1c(cc(Nc3ccc4c(c3)oc3ccccc34)c3ccccc13)C2(c1ccccc1)c1ccccc1. The number of hydrogen-bond donors (Lipinski definition) is 1. The summed E-state index contributed by atoms with van der Waals surface area (Å²) in [7, 11) is 0. The van der Waals surface area contributed by atoms with Gasteiger partial charge in [0.25, 0.3) is 0 Å². The van der Waals surface area contributed by atoms with E-state index in [0.29, 0.717) is 0 Å². The number of fused-ring (bicyclic) bond motifs is 12. The molecule has 2 aromatic heterocycles. The summed E-state index contributed by atoms with van der Waals surface area (Å²) in [6.07, 6.45) is 0. The largest absolute Gasteiger partial charge is 0.456 e. The summed E-state index contributed by atoms with van der Waals surface area (Å²) in [6, 6.07) is 58.7. The molecule has 8 aromatic carbocycles. The van der Waals surface area contributed by atoms with E-state index < -0.39 is 5.41 Å². The Morgan fingerprint density at radius 2 is 1.02 bits per heavy atom. The number of anilines is 2. The van der Waals surface area contributed by atoms with Crippen molar-refractivity contribution in [2.75, 3.05) is 5.32 Å². The zero-order valence-electron chi connectivity index (χ0n) is 27.9. The molecule has 1 N–H and O–H groups in total. The van der Waals surface area contributed by atoms with Crippen LogP contribution in [0.3, 0.4) is 0 Å². The average molecular weight is 654 g/mol. The minimum absolute atomic E-state index is 0.603. The smallest absolute Gasteiger partial charge is 0.143 e. The lowest BCUT2D eigenvalue weighted by Crippen LogP contribution is -2.28. The van der Waals surface area contributed by atoms with Crippen LogP contribution in [0.5, 0.6) is 0 Å². The summed E-state index contributed by atoms with van der Waals surface area (Å²) in [5.41, 5.74) is 13.5. The first-order valence-corrected chi connectivity index (χ1v) is 17.5. The lowest BCUT2D eigenvalue weighted by molar-refractivity contribution is 0.668. The fraction of sp³-hybridized carbons (Fsp3) is 0.0417. The van der Waals surface area contributed by atoms with Crippen LogP contribution >= 0.6 is 0 Å². The van der Waals surface area contributed by atoms with E-state index in [1.54, 1.807) is 0 Å². The van der Waals surface area contributed by atoms with Gasteiger partial charge in [0.1, 0.15) is 22.3 Å². The maximum absolute atomic E-state index is 6.91. The number of benzene rings is 8. The van der Waals surface area contributed by atoms with Crippen molar-refractivity contribution < 1.29 is 8.83 Å². The van der Waals surface area contributed by atoms with Crippen molar-refractivity contribution in [3.8, 4) is 11.1 Å². The van der Waals surface area contributed by atoms with Crippen LogP contribution in [-0.4, -0.2) is 0 Å². The van der Waals surface area contributed by atoms with Crippen molar-refractivity contribution in [1.82, 2.24) is 0 Å². The molecule has 0 bridgehead atoms.